The largest absolute Gasteiger partial charge is 0.352 e. The molecule has 0 aromatic heterocycles. The molecule has 0 saturated heterocycles. The third-order valence-electron chi connectivity index (χ3n) is 6.58. The molecule has 0 aliphatic heterocycles. The second kappa shape index (κ2) is 13.1. The third-order valence-corrected chi connectivity index (χ3v) is 8.77. The van der Waals surface area contributed by atoms with Crippen molar-refractivity contribution in [2.75, 3.05) is 10.8 Å². The highest BCUT2D eigenvalue weighted by molar-refractivity contribution is 7.92. The molecule has 0 heterocycles. The van der Waals surface area contributed by atoms with Gasteiger partial charge in [0.1, 0.15) is 18.4 Å². The van der Waals surface area contributed by atoms with Gasteiger partial charge in [-0.2, -0.15) is 0 Å². The van der Waals surface area contributed by atoms with Crippen LogP contribution in [0.25, 0.3) is 0 Å². The third kappa shape index (κ3) is 7.16. The summed E-state index contributed by atoms with van der Waals surface area (Å²) in [7, 11) is -4.22. The van der Waals surface area contributed by atoms with Crippen molar-refractivity contribution >= 4 is 39.1 Å². The van der Waals surface area contributed by atoms with Crippen LogP contribution in [0.15, 0.2) is 77.7 Å². The number of rotatable bonds is 11. The first-order valence-corrected chi connectivity index (χ1v) is 14.4. The number of nitrogens with one attached hydrogen (secondary N) is 1. The van der Waals surface area contributed by atoms with Crippen LogP contribution in [0.4, 0.5) is 10.1 Å². The SMILES string of the molecule is CC[C@@H](C)NC(=O)[C@@H](C)N(Cc1ccccc1F)C(=O)CN(c1cccc(Cl)c1C)S(=O)(=O)c1ccccc1. The molecular weight excluding hydrogens is 541 g/mol. The number of benzene rings is 3. The lowest BCUT2D eigenvalue weighted by Gasteiger charge is -2.33. The molecule has 3 rings (SSSR count). The highest BCUT2D eigenvalue weighted by Gasteiger charge is 2.33. The number of hydrogen-bond donors (Lipinski definition) is 1. The molecule has 1 N–H and O–H groups in total. The van der Waals surface area contributed by atoms with Crippen LogP contribution in [0.3, 0.4) is 0 Å². The van der Waals surface area contributed by atoms with Gasteiger partial charge >= 0.3 is 0 Å². The van der Waals surface area contributed by atoms with Gasteiger partial charge in [0.05, 0.1) is 10.6 Å². The number of halogens is 2. The van der Waals surface area contributed by atoms with E-state index in [9.17, 15) is 22.4 Å². The highest BCUT2D eigenvalue weighted by Crippen LogP contribution is 2.31. The molecule has 0 saturated carbocycles. The Balaban J connectivity index is 2.07. The van der Waals surface area contributed by atoms with Crippen molar-refractivity contribution in [3.8, 4) is 0 Å². The Bertz CT molecular complexity index is 1420. The van der Waals surface area contributed by atoms with Gasteiger partial charge in [-0.1, -0.05) is 61.0 Å². The standard InChI is InChI=1S/C29H33ClFN3O4S/c1-5-20(2)32-29(36)22(4)33(18-23-12-9-10-16-26(23)31)28(35)19-34(27-17-11-15-25(30)21(27)3)39(37,38)24-13-7-6-8-14-24/h6-17,20,22H,5,18-19H2,1-4H3,(H,32,36)/t20-,22-/m1/s1. The van der Waals surface area contributed by atoms with E-state index in [2.05, 4.69) is 5.32 Å². The van der Waals surface area contributed by atoms with Crippen LogP contribution in [0.5, 0.6) is 0 Å². The monoisotopic (exact) mass is 573 g/mol. The van der Waals surface area contributed by atoms with E-state index in [-0.39, 0.29) is 28.7 Å². The van der Waals surface area contributed by atoms with Gasteiger partial charge < -0.3 is 10.2 Å². The lowest BCUT2D eigenvalue weighted by atomic mass is 10.1. The number of amides is 2. The number of hydrogen-bond acceptors (Lipinski definition) is 4. The molecule has 0 aliphatic rings. The lowest BCUT2D eigenvalue weighted by molar-refractivity contribution is -0.139. The summed E-state index contributed by atoms with van der Waals surface area (Å²) in [6, 6.07) is 17.3. The van der Waals surface area contributed by atoms with Crippen LogP contribution < -0.4 is 9.62 Å². The van der Waals surface area contributed by atoms with Gasteiger partial charge in [-0.05, 0) is 63.1 Å². The molecule has 0 unspecified atom stereocenters. The average molecular weight is 574 g/mol. The molecule has 0 radical (unpaired) electrons. The first kappa shape index (κ1) is 30.1. The summed E-state index contributed by atoms with van der Waals surface area (Å²) in [5.41, 5.74) is 0.891. The van der Waals surface area contributed by atoms with E-state index in [0.29, 0.717) is 17.0 Å². The van der Waals surface area contributed by atoms with E-state index in [1.54, 1.807) is 49.4 Å². The van der Waals surface area contributed by atoms with Crippen molar-refractivity contribution in [1.82, 2.24) is 10.2 Å². The maximum atomic E-state index is 14.6. The maximum absolute atomic E-state index is 14.6. The Labute approximate surface area is 234 Å². The molecule has 39 heavy (non-hydrogen) atoms. The average Bonchev–Trinajstić information content (AvgIpc) is 2.92. The summed E-state index contributed by atoms with van der Waals surface area (Å²) < 4.78 is 43.3. The van der Waals surface area contributed by atoms with Gasteiger partial charge in [0.2, 0.25) is 11.8 Å². The van der Waals surface area contributed by atoms with Gasteiger partial charge in [0, 0.05) is 23.2 Å². The molecule has 2 amide bonds. The quantitative estimate of drug-likeness (QED) is 0.337. The van der Waals surface area contributed by atoms with E-state index in [1.165, 1.54) is 42.2 Å². The Morgan fingerprint density at radius 2 is 1.62 bits per heavy atom. The zero-order chi connectivity index (χ0) is 28.7. The zero-order valence-corrected chi connectivity index (χ0v) is 24.0. The van der Waals surface area contributed by atoms with E-state index < -0.39 is 40.2 Å². The number of carbonyl (C=O) groups is 2. The van der Waals surface area contributed by atoms with Gasteiger partial charge in [-0.15, -0.1) is 0 Å². The lowest BCUT2D eigenvalue weighted by Crippen LogP contribution is -2.52. The minimum absolute atomic E-state index is 0.0135. The molecule has 3 aromatic carbocycles. The Kier molecular flexibility index (Phi) is 10.1. The second-order valence-corrected chi connectivity index (χ2v) is 11.6. The summed E-state index contributed by atoms with van der Waals surface area (Å²) in [4.78, 5) is 28.1. The van der Waals surface area contributed by atoms with Gasteiger partial charge in [0.15, 0.2) is 0 Å². The van der Waals surface area contributed by atoms with Crippen molar-refractivity contribution in [1.29, 1.82) is 0 Å². The molecule has 208 valence electrons. The number of carbonyl (C=O) groups excluding carboxylic acids is 2. The summed E-state index contributed by atoms with van der Waals surface area (Å²) in [5, 5.41) is 3.18. The summed E-state index contributed by atoms with van der Waals surface area (Å²) in [6.45, 7) is 6.09. The van der Waals surface area contributed by atoms with Gasteiger partial charge in [0.25, 0.3) is 10.0 Å². The fourth-order valence-electron chi connectivity index (χ4n) is 3.96. The van der Waals surface area contributed by atoms with Gasteiger partial charge in [-0.25, -0.2) is 12.8 Å². The van der Waals surface area contributed by atoms with Gasteiger partial charge in [-0.3, -0.25) is 13.9 Å². The van der Waals surface area contributed by atoms with Crippen LogP contribution in [0.1, 0.15) is 38.3 Å². The van der Waals surface area contributed by atoms with E-state index >= 15 is 0 Å². The smallest absolute Gasteiger partial charge is 0.264 e. The molecule has 7 nitrogen and oxygen atoms in total. The van der Waals surface area contributed by atoms with Crippen molar-refractivity contribution in [2.24, 2.45) is 0 Å². The summed E-state index contributed by atoms with van der Waals surface area (Å²) in [6.07, 6.45) is 0.677. The molecule has 0 spiro atoms. The van der Waals surface area contributed by atoms with Crippen molar-refractivity contribution in [2.45, 2.75) is 57.6 Å². The fraction of sp³-hybridized carbons (Fsp3) is 0.310. The highest BCUT2D eigenvalue weighted by atomic mass is 35.5. The minimum Gasteiger partial charge on any atom is -0.352 e. The number of anilines is 1. The topological polar surface area (TPSA) is 86.8 Å². The van der Waals surface area contributed by atoms with Crippen LogP contribution in [0.2, 0.25) is 5.02 Å². The molecule has 0 aliphatic carbocycles. The van der Waals surface area contributed by atoms with Crippen molar-refractivity contribution < 1.29 is 22.4 Å². The molecule has 3 aromatic rings. The first-order chi connectivity index (χ1) is 18.5. The Morgan fingerprint density at radius 1 is 0.974 bits per heavy atom. The molecule has 0 bridgehead atoms. The fourth-order valence-corrected chi connectivity index (χ4v) is 5.62. The van der Waals surface area contributed by atoms with Crippen molar-refractivity contribution in [3.63, 3.8) is 0 Å². The van der Waals surface area contributed by atoms with Crippen LogP contribution >= 0.6 is 11.6 Å². The predicted molar refractivity (Wildman–Crippen MR) is 151 cm³/mol. The van der Waals surface area contributed by atoms with Crippen LogP contribution in [-0.2, 0) is 26.2 Å². The molecule has 0 fully saturated rings. The Hall–Kier alpha value is -3.43. The van der Waals surface area contributed by atoms with E-state index in [0.717, 1.165) is 4.31 Å². The Morgan fingerprint density at radius 3 is 2.26 bits per heavy atom. The molecular formula is C29H33ClFN3O4S. The minimum atomic E-state index is -4.22. The zero-order valence-electron chi connectivity index (χ0n) is 22.4. The van der Waals surface area contributed by atoms with E-state index in [1.807, 2.05) is 13.8 Å². The van der Waals surface area contributed by atoms with Crippen LogP contribution in [-0.4, -0.2) is 43.8 Å². The maximum Gasteiger partial charge on any atom is 0.264 e. The summed E-state index contributed by atoms with van der Waals surface area (Å²) >= 11 is 6.32. The van der Waals surface area contributed by atoms with Crippen LogP contribution in [0, 0.1) is 12.7 Å². The first-order valence-electron chi connectivity index (χ1n) is 12.6. The second-order valence-electron chi connectivity index (χ2n) is 9.32. The van der Waals surface area contributed by atoms with E-state index in [4.69, 9.17) is 11.6 Å². The number of nitrogens with zero attached hydrogens (tertiary/aromatic N) is 2. The van der Waals surface area contributed by atoms with Crippen molar-refractivity contribution in [3.05, 3.63) is 94.8 Å². The summed E-state index contributed by atoms with van der Waals surface area (Å²) in [5.74, 6) is -1.64. The molecule has 10 heteroatoms. The number of sulfonamides is 1. The predicted octanol–water partition coefficient (Wildman–Crippen LogP) is 5.31. The normalized spacial score (nSPS) is 12.9. The molecule has 2 atom stereocenters.